The number of rotatable bonds is 4. The van der Waals surface area contributed by atoms with E-state index in [4.69, 9.17) is 5.11 Å². The topological polar surface area (TPSA) is 83.4 Å². The lowest BCUT2D eigenvalue weighted by Gasteiger charge is -2.30. The third kappa shape index (κ3) is 3.73. The molecule has 1 saturated heterocycles. The summed E-state index contributed by atoms with van der Waals surface area (Å²) in [5.41, 5.74) is 1.50. The summed E-state index contributed by atoms with van der Waals surface area (Å²) >= 11 is 1.46. The van der Waals surface area contributed by atoms with E-state index < -0.39 is 11.9 Å². The number of piperidine rings is 1. The van der Waals surface area contributed by atoms with Crippen molar-refractivity contribution in [3.05, 3.63) is 35.5 Å². The van der Waals surface area contributed by atoms with Crippen molar-refractivity contribution >= 4 is 23.2 Å². The van der Waals surface area contributed by atoms with E-state index in [1.807, 2.05) is 23.6 Å². The van der Waals surface area contributed by atoms with Crippen LogP contribution in [0, 0.1) is 5.92 Å². The SMILES string of the molecule is O=C(O)C1CCCN(C(=O)Cc2csc(-c3ccccn3)n2)C1. The van der Waals surface area contributed by atoms with Gasteiger partial charge in [0.25, 0.3) is 0 Å². The second kappa shape index (κ2) is 6.87. The summed E-state index contributed by atoms with van der Waals surface area (Å²) in [5, 5.41) is 11.8. The van der Waals surface area contributed by atoms with Crippen molar-refractivity contribution in [3.63, 3.8) is 0 Å². The maximum Gasteiger partial charge on any atom is 0.308 e. The van der Waals surface area contributed by atoms with E-state index in [2.05, 4.69) is 9.97 Å². The molecule has 0 radical (unpaired) electrons. The van der Waals surface area contributed by atoms with E-state index in [9.17, 15) is 9.59 Å². The Morgan fingerprint density at radius 2 is 2.26 bits per heavy atom. The highest BCUT2D eigenvalue weighted by atomic mass is 32.1. The molecule has 1 unspecified atom stereocenters. The standard InChI is InChI=1S/C16H17N3O3S/c20-14(19-7-3-4-11(9-19)16(21)22)8-12-10-23-15(18-12)13-5-1-2-6-17-13/h1-2,5-6,10-11H,3-4,7-9H2,(H,21,22). The largest absolute Gasteiger partial charge is 0.481 e. The van der Waals surface area contributed by atoms with Crippen molar-refractivity contribution in [1.29, 1.82) is 0 Å². The Morgan fingerprint density at radius 1 is 1.39 bits per heavy atom. The molecule has 1 aliphatic rings. The first kappa shape index (κ1) is 15.6. The molecule has 3 rings (SSSR count). The molecule has 120 valence electrons. The summed E-state index contributed by atoms with van der Waals surface area (Å²) in [6.45, 7) is 0.922. The number of hydrogen-bond donors (Lipinski definition) is 1. The maximum absolute atomic E-state index is 12.4. The molecule has 3 heterocycles. The number of pyridine rings is 1. The highest BCUT2D eigenvalue weighted by molar-refractivity contribution is 7.13. The van der Waals surface area contributed by atoms with Crippen LogP contribution in [0.3, 0.4) is 0 Å². The molecule has 2 aromatic heterocycles. The van der Waals surface area contributed by atoms with Crippen LogP contribution in [-0.4, -0.2) is 44.9 Å². The molecular weight excluding hydrogens is 314 g/mol. The van der Waals surface area contributed by atoms with Crippen LogP contribution in [0.4, 0.5) is 0 Å². The van der Waals surface area contributed by atoms with Gasteiger partial charge in [0, 0.05) is 24.7 Å². The maximum atomic E-state index is 12.4. The normalized spacial score (nSPS) is 17.9. The summed E-state index contributed by atoms with van der Waals surface area (Å²) in [4.78, 5) is 33.8. The number of hydrogen-bond acceptors (Lipinski definition) is 5. The zero-order valence-corrected chi connectivity index (χ0v) is 13.3. The number of thiazole rings is 1. The molecule has 6 nitrogen and oxygen atoms in total. The van der Waals surface area contributed by atoms with Gasteiger partial charge in [0.05, 0.1) is 23.7 Å². The van der Waals surface area contributed by atoms with E-state index in [1.165, 1.54) is 11.3 Å². The molecule has 1 N–H and O–H groups in total. The van der Waals surface area contributed by atoms with Crippen LogP contribution >= 0.6 is 11.3 Å². The average Bonchev–Trinajstić information content (AvgIpc) is 3.04. The van der Waals surface area contributed by atoms with Crippen LogP contribution in [0.25, 0.3) is 10.7 Å². The van der Waals surface area contributed by atoms with Crippen LogP contribution in [-0.2, 0) is 16.0 Å². The first-order valence-electron chi connectivity index (χ1n) is 7.50. The Balaban J connectivity index is 1.64. The van der Waals surface area contributed by atoms with Gasteiger partial charge >= 0.3 is 5.97 Å². The summed E-state index contributed by atoms with van der Waals surface area (Å²) in [5.74, 6) is -1.34. The minimum Gasteiger partial charge on any atom is -0.481 e. The van der Waals surface area contributed by atoms with Crippen molar-refractivity contribution in [2.75, 3.05) is 13.1 Å². The number of nitrogens with zero attached hydrogens (tertiary/aromatic N) is 3. The summed E-state index contributed by atoms with van der Waals surface area (Å²) in [6.07, 6.45) is 3.29. The third-order valence-corrected chi connectivity index (χ3v) is 4.81. The Morgan fingerprint density at radius 3 is 3.00 bits per heavy atom. The van der Waals surface area contributed by atoms with Crippen molar-refractivity contribution in [3.8, 4) is 10.7 Å². The van der Waals surface area contributed by atoms with E-state index in [0.717, 1.165) is 17.1 Å². The van der Waals surface area contributed by atoms with E-state index >= 15 is 0 Å². The van der Waals surface area contributed by atoms with E-state index in [1.54, 1.807) is 11.1 Å². The minimum atomic E-state index is -0.825. The molecule has 0 aromatic carbocycles. The fraction of sp³-hybridized carbons (Fsp3) is 0.375. The molecular formula is C16H17N3O3S. The first-order chi connectivity index (χ1) is 11.1. The van der Waals surface area contributed by atoms with Gasteiger partial charge in [-0.2, -0.15) is 0 Å². The zero-order valence-electron chi connectivity index (χ0n) is 12.5. The van der Waals surface area contributed by atoms with Gasteiger partial charge in [-0.15, -0.1) is 11.3 Å². The van der Waals surface area contributed by atoms with Gasteiger partial charge in [-0.1, -0.05) is 6.07 Å². The van der Waals surface area contributed by atoms with Crippen LogP contribution < -0.4 is 0 Å². The lowest BCUT2D eigenvalue weighted by atomic mass is 9.98. The van der Waals surface area contributed by atoms with Crippen LogP contribution in [0.2, 0.25) is 0 Å². The number of carboxylic acids is 1. The van der Waals surface area contributed by atoms with Crippen LogP contribution in [0.1, 0.15) is 18.5 Å². The van der Waals surface area contributed by atoms with E-state index in [-0.39, 0.29) is 12.3 Å². The van der Waals surface area contributed by atoms with Crippen molar-refractivity contribution in [1.82, 2.24) is 14.9 Å². The number of aliphatic carboxylic acids is 1. The molecule has 0 spiro atoms. The number of carbonyl (C=O) groups is 2. The van der Waals surface area contributed by atoms with Gasteiger partial charge in [-0.05, 0) is 25.0 Å². The molecule has 1 atom stereocenters. The molecule has 0 bridgehead atoms. The van der Waals surface area contributed by atoms with Crippen molar-refractivity contribution in [2.24, 2.45) is 5.92 Å². The number of carbonyl (C=O) groups excluding carboxylic acids is 1. The molecule has 1 amide bonds. The molecule has 1 fully saturated rings. The third-order valence-electron chi connectivity index (χ3n) is 3.89. The highest BCUT2D eigenvalue weighted by Crippen LogP contribution is 2.22. The van der Waals surface area contributed by atoms with Gasteiger partial charge in [-0.25, -0.2) is 4.98 Å². The highest BCUT2D eigenvalue weighted by Gasteiger charge is 2.28. The smallest absolute Gasteiger partial charge is 0.308 e. The monoisotopic (exact) mass is 331 g/mol. The van der Waals surface area contributed by atoms with Crippen molar-refractivity contribution in [2.45, 2.75) is 19.3 Å². The number of likely N-dealkylation sites (tertiary alicyclic amines) is 1. The second-order valence-electron chi connectivity index (χ2n) is 5.55. The molecule has 0 saturated carbocycles. The van der Waals surface area contributed by atoms with Gasteiger partial charge < -0.3 is 10.0 Å². The Labute approximate surface area is 137 Å². The van der Waals surface area contributed by atoms with Gasteiger partial charge in [0.1, 0.15) is 5.01 Å². The molecule has 0 aliphatic carbocycles. The fourth-order valence-electron chi connectivity index (χ4n) is 2.67. The first-order valence-corrected chi connectivity index (χ1v) is 8.38. The minimum absolute atomic E-state index is 0.0613. The Hall–Kier alpha value is -2.28. The fourth-order valence-corrected chi connectivity index (χ4v) is 3.46. The molecule has 2 aromatic rings. The lowest BCUT2D eigenvalue weighted by molar-refractivity contribution is -0.145. The predicted molar refractivity (Wildman–Crippen MR) is 86.0 cm³/mol. The van der Waals surface area contributed by atoms with E-state index in [0.29, 0.717) is 25.2 Å². The number of carboxylic acid groups (broad SMARTS) is 1. The van der Waals surface area contributed by atoms with Crippen molar-refractivity contribution < 1.29 is 14.7 Å². The number of amides is 1. The predicted octanol–water partition coefficient (Wildman–Crippen LogP) is 2.07. The summed E-state index contributed by atoms with van der Waals surface area (Å²) in [7, 11) is 0. The zero-order chi connectivity index (χ0) is 16.2. The van der Waals surface area contributed by atoms with Gasteiger partial charge in [0.2, 0.25) is 5.91 Å². The average molecular weight is 331 g/mol. The Kier molecular flexibility index (Phi) is 4.66. The second-order valence-corrected chi connectivity index (χ2v) is 6.41. The quantitative estimate of drug-likeness (QED) is 0.927. The van der Waals surface area contributed by atoms with Gasteiger partial charge in [-0.3, -0.25) is 14.6 Å². The van der Waals surface area contributed by atoms with Gasteiger partial charge in [0.15, 0.2) is 0 Å². The number of aromatic nitrogens is 2. The van der Waals surface area contributed by atoms with Crippen LogP contribution in [0.15, 0.2) is 29.8 Å². The summed E-state index contributed by atoms with van der Waals surface area (Å²) < 4.78 is 0. The molecule has 1 aliphatic heterocycles. The summed E-state index contributed by atoms with van der Waals surface area (Å²) in [6, 6.07) is 5.62. The lowest BCUT2D eigenvalue weighted by Crippen LogP contribution is -2.43. The molecule has 7 heteroatoms. The molecule has 23 heavy (non-hydrogen) atoms. The Bertz CT molecular complexity index is 702. The van der Waals surface area contributed by atoms with Crippen LogP contribution in [0.5, 0.6) is 0 Å².